The van der Waals surface area contributed by atoms with E-state index in [4.69, 9.17) is 9.94 Å². The molecule has 5 rings (SSSR count). The van der Waals surface area contributed by atoms with E-state index in [1.807, 2.05) is 12.1 Å². The van der Waals surface area contributed by atoms with Gasteiger partial charge < -0.3 is 4.74 Å². The minimum absolute atomic E-state index is 0.0278. The van der Waals surface area contributed by atoms with Crippen molar-refractivity contribution in [2.45, 2.75) is 38.0 Å². The Balaban J connectivity index is 1.47. The molecular formula is C21H22FNO3. The van der Waals surface area contributed by atoms with Crippen molar-refractivity contribution in [2.24, 2.45) is 11.8 Å². The van der Waals surface area contributed by atoms with Crippen LogP contribution in [0.5, 0.6) is 11.5 Å². The zero-order valence-corrected chi connectivity index (χ0v) is 14.5. The van der Waals surface area contributed by atoms with Gasteiger partial charge in [-0.2, -0.15) is 0 Å². The van der Waals surface area contributed by atoms with Crippen LogP contribution in [0.25, 0.3) is 0 Å². The van der Waals surface area contributed by atoms with Crippen molar-refractivity contribution in [3.8, 4) is 11.5 Å². The topological polar surface area (TPSA) is 58.6 Å². The van der Waals surface area contributed by atoms with E-state index in [1.54, 1.807) is 0 Å². The fourth-order valence-corrected chi connectivity index (χ4v) is 4.49. The second-order valence-electron chi connectivity index (χ2n) is 7.38. The Kier molecular flexibility index (Phi) is 4.64. The molecule has 0 aromatic heterocycles. The standard InChI is InChI=1S/C21H22FNO3/c22-19-12-16(21(24)23-25)7-10-20(19)26-17-8-5-15(6-9-17)18-11-13-1-3-14(18)4-2-13/h5-10,12-14,18,25H,1-4,11H2,(H,23,24). The molecular weight excluding hydrogens is 333 g/mol. The summed E-state index contributed by atoms with van der Waals surface area (Å²) in [7, 11) is 0. The molecule has 3 aliphatic rings. The van der Waals surface area contributed by atoms with Gasteiger partial charge in [0.05, 0.1) is 0 Å². The highest BCUT2D eigenvalue weighted by atomic mass is 19.1. The van der Waals surface area contributed by atoms with Crippen LogP contribution in [-0.4, -0.2) is 11.1 Å². The number of nitrogens with one attached hydrogen (secondary N) is 1. The summed E-state index contributed by atoms with van der Waals surface area (Å²) in [5.74, 6) is 1.52. The summed E-state index contributed by atoms with van der Waals surface area (Å²) in [5, 5.41) is 8.60. The van der Waals surface area contributed by atoms with Gasteiger partial charge in [0.2, 0.25) is 0 Å². The van der Waals surface area contributed by atoms with Crippen LogP contribution < -0.4 is 10.2 Å². The molecule has 0 radical (unpaired) electrons. The van der Waals surface area contributed by atoms with Crippen LogP contribution in [-0.2, 0) is 0 Å². The van der Waals surface area contributed by atoms with Crippen LogP contribution >= 0.6 is 0 Å². The highest BCUT2D eigenvalue weighted by Gasteiger charge is 2.36. The van der Waals surface area contributed by atoms with Crippen molar-refractivity contribution >= 4 is 5.91 Å². The highest BCUT2D eigenvalue weighted by molar-refractivity contribution is 5.93. The van der Waals surface area contributed by atoms with Crippen molar-refractivity contribution in [1.29, 1.82) is 0 Å². The van der Waals surface area contributed by atoms with Crippen molar-refractivity contribution in [1.82, 2.24) is 5.48 Å². The number of carbonyl (C=O) groups is 1. The van der Waals surface area contributed by atoms with Crippen LogP contribution in [0.1, 0.15) is 53.9 Å². The van der Waals surface area contributed by atoms with E-state index in [-0.39, 0.29) is 11.3 Å². The third-order valence-corrected chi connectivity index (χ3v) is 5.88. The molecule has 1 unspecified atom stereocenters. The molecule has 3 saturated carbocycles. The Labute approximate surface area is 152 Å². The first-order valence-corrected chi connectivity index (χ1v) is 9.16. The fraction of sp³-hybridized carbons (Fsp3) is 0.381. The molecule has 4 nitrogen and oxygen atoms in total. The molecule has 2 aromatic carbocycles. The lowest BCUT2D eigenvalue weighted by Crippen LogP contribution is -2.29. The van der Waals surface area contributed by atoms with Crippen molar-refractivity contribution < 1.29 is 19.1 Å². The molecule has 5 heteroatoms. The van der Waals surface area contributed by atoms with Crippen LogP contribution in [0, 0.1) is 17.7 Å². The van der Waals surface area contributed by atoms with E-state index in [2.05, 4.69) is 12.1 Å². The molecule has 136 valence electrons. The molecule has 0 saturated heterocycles. The number of halogens is 1. The number of carbonyl (C=O) groups excluding carboxylic acids is 1. The fourth-order valence-electron chi connectivity index (χ4n) is 4.49. The smallest absolute Gasteiger partial charge is 0.274 e. The number of amides is 1. The minimum Gasteiger partial charge on any atom is -0.454 e. The zero-order valence-electron chi connectivity index (χ0n) is 14.5. The Morgan fingerprint density at radius 3 is 2.38 bits per heavy atom. The number of rotatable bonds is 4. The number of benzene rings is 2. The summed E-state index contributed by atoms with van der Waals surface area (Å²) >= 11 is 0. The van der Waals surface area contributed by atoms with Gasteiger partial charge in [0.15, 0.2) is 11.6 Å². The molecule has 26 heavy (non-hydrogen) atoms. The first kappa shape index (κ1) is 17.0. The average molecular weight is 355 g/mol. The summed E-state index contributed by atoms with van der Waals surface area (Å²) in [5.41, 5.74) is 2.86. The Morgan fingerprint density at radius 2 is 1.81 bits per heavy atom. The lowest BCUT2D eigenvalue weighted by molar-refractivity contribution is 0.0706. The van der Waals surface area contributed by atoms with Gasteiger partial charge in [0, 0.05) is 5.56 Å². The van der Waals surface area contributed by atoms with E-state index in [0.717, 1.165) is 17.9 Å². The number of ether oxygens (including phenoxy) is 1. The van der Waals surface area contributed by atoms with E-state index in [9.17, 15) is 9.18 Å². The molecule has 0 heterocycles. The van der Waals surface area contributed by atoms with Crippen molar-refractivity contribution in [2.75, 3.05) is 0 Å². The largest absolute Gasteiger partial charge is 0.454 e. The summed E-state index contributed by atoms with van der Waals surface area (Å²) in [6.07, 6.45) is 6.73. The molecule has 1 atom stereocenters. The Hall–Kier alpha value is -2.40. The van der Waals surface area contributed by atoms with Gasteiger partial charge in [-0.25, -0.2) is 9.87 Å². The van der Waals surface area contributed by atoms with Gasteiger partial charge in [-0.3, -0.25) is 10.0 Å². The quantitative estimate of drug-likeness (QED) is 0.597. The van der Waals surface area contributed by atoms with Gasteiger partial charge >= 0.3 is 0 Å². The lowest BCUT2D eigenvalue weighted by atomic mass is 9.63. The second-order valence-corrected chi connectivity index (χ2v) is 7.38. The first-order chi connectivity index (χ1) is 12.6. The maximum absolute atomic E-state index is 14.1. The third kappa shape index (κ3) is 3.31. The lowest BCUT2D eigenvalue weighted by Gasteiger charge is -2.42. The van der Waals surface area contributed by atoms with Gasteiger partial charge in [-0.15, -0.1) is 0 Å². The third-order valence-electron chi connectivity index (χ3n) is 5.88. The van der Waals surface area contributed by atoms with E-state index >= 15 is 0 Å². The molecule has 0 spiro atoms. The Bertz CT molecular complexity index is 797. The van der Waals surface area contributed by atoms with Crippen LogP contribution in [0.15, 0.2) is 42.5 Å². The van der Waals surface area contributed by atoms with Gasteiger partial charge in [0.25, 0.3) is 5.91 Å². The average Bonchev–Trinajstić information content (AvgIpc) is 2.70. The molecule has 2 bridgehead atoms. The maximum atomic E-state index is 14.1. The number of fused-ring (bicyclic) bond motifs is 3. The molecule has 3 fully saturated rings. The van der Waals surface area contributed by atoms with Crippen LogP contribution in [0.2, 0.25) is 0 Å². The number of hydrogen-bond donors (Lipinski definition) is 2. The summed E-state index contributed by atoms with van der Waals surface area (Å²) in [4.78, 5) is 11.3. The molecule has 2 N–H and O–H groups in total. The normalized spacial score (nSPS) is 24.3. The highest BCUT2D eigenvalue weighted by Crippen LogP contribution is 2.49. The number of hydroxylamine groups is 1. The Morgan fingerprint density at radius 1 is 1.08 bits per heavy atom. The maximum Gasteiger partial charge on any atom is 0.274 e. The zero-order chi connectivity index (χ0) is 18.1. The van der Waals surface area contributed by atoms with E-state index < -0.39 is 11.7 Å². The summed E-state index contributed by atoms with van der Waals surface area (Å²) in [6.45, 7) is 0. The molecule has 1 amide bonds. The second kappa shape index (κ2) is 7.08. The summed E-state index contributed by atoms with van der Waals surface area (Å²) < 4.78 is 19.7. The predicted octanol–water partition coefficient (Wildman–Crippen LogP) is 5.03. The first-order valence-electron chi connectivity index (χ1n) is 9.16. The van der Waals surface area contributed by atoms with Crippen LogP contribution in [0.3, 0.4) is 0 Å². The van der Waals surface area contributed by atoms with Gasteiger partial charge in [-0.05, 0) is 72.9 Å². The van der Waals surface area contributed by atoms with Crippen molar-refractivity contribution in [3.63, 3.8) is 0 Å². The van der Waals surface area contributed by atoms with E-state index in [0.29, 0.717) is 11.7 Å². The van der Waals surface area contributed by atoms with Crippen molar-refractivity contribution in [3.05, 3.63) is 59.4 Å². The monoisotopic (exact) mass is 355 g/mol. The van der Waals surface area contributed by atoms with Gasteiger partial charge in [-0.1, -0.05) is 25.0 Å². The van der Waals surface area contributed by atoms with E-state index in [1.165, 1.54) is 55.3 Å². The SMILES string of the molecule is O=C(NO)c1ccc(Oc2ccc(C3CC4CCC3CC4)cc2)c(F)c1. The number of hydrogen-bond acceptors (Lipinski definition) is 3. The molecule has 0 aliphatic heterocycles. The molecule has 2 aromatic rings. The molecule has 3 aliphatic carbocycles. The van der Waals surface area contributed by atoms with Gasteiger partial charge in [0.1, 0.15) is 5.75 Å². The minimum atomic E-state index is -0.762. The summed E-state index contributed by atoms with van der Waals surface area (Å²) in [6, 6.07) is 11.8. The van der Waals surface area contributed by atoms with Crippen LogP contribution in [0.4, 0.5) is 4.39 Å². The predicted molar refractivity (Wildman–Crippen MR) is 95.0 cm³/mol.